The predicted octanol–water partition coefficient (Wildman–Crippen LogP) is 3.21. The van der Waals surface area contributed by atoms with Crippen LogP contribution < -0.4 is 16.2 Å². The topological polar surface area (TPSA) is 121 Å². The van der Waals surface area contributed by atoms with Gasteiger partial charge in [0, 0.05) is 17.1 Å². The number of benzene rings is 1. The number of rotatable bonds is 3. The Balaban J connectivity index is 1.40. The Bertz CT molecular complexity index is 1220. The number of thiocarbonyl (C=S) groups is 1. The third-order valence-corrected chi connectivity index (χ3v) is 4.57. The summed E-state index contributed by atoms with van der Waals surface area (Å²) in [5.74, 6) is -0.0657. The van der Waals surface area contributed by atoms with E-state index in [4.69, 9.17) is 28.2 Å². The molecule has 3 aromatic heterocycles. The quantitative estimate of drug-likeness (QED) is 0.290. The number of aryl methyl sites for hydroxylation is 1. The second-order valence-corrected chi connectivity index (χ2v) is 6.80. The van der Waals surface area contributed by atoms with Gasteiger partial charge < -0.3 is 9.73 Å². The number of fused-ring (bicyclic) bond motifs is 1. The van der Waals surface area contributed by atoms with Gasteiger partial charge in [0.1, 0.15) is 12.0 Å². The molecule has 0 bridgehead atoms. The first-order valence-corrected chi connectivity index (χ1v) is 9.17. The molecule has 0 saturated carbocycles. The third kappa shape index (κ3) is 4.03. The van der Waals surface area contributed by atoms with E-state index in [0.29, 0.717) is 27.9 Å². The Hall–Kier alpha value is -3.50. The summed E-state index contributed by atoms with van der Waals surface area (Å²) < 4.78 is 5.31. The molecule has 1 aromatic carbocycles. The highest BCUT2D eigenvalue weighted by Crippen LogP contribution is 2.29. The average molecular weight is 428 g/mol. The van der Waals surface area contributed by atoms with Crippen molar-refractivity contribution in [3.05, 3.63) is 59.2 Å². The third-order valence-electron chi connectivity index (χ3n) is 3.96. The molecule has 9 nitrogen and oxygen atoms in total. The Labute approximate surface area is 174 Å². The van der Waals surface area contributed by atoms with Crippen LogP contribution in [0.2, 0.25) is 5.02 Å². The van der Waals surface area contributed by atoms with E-state index in [1.165, 1.54) is 12.5 Å². The number of nitrogens with zero attached hydrogens (tertiary/aromatic N) is 3. The number of carbonyl (C=O) groups excluding carboxylic acids is 1. The zero-order valence-corrected chi connectivity index (χ0v) is 16.6. The van der Waals surface area contributed by atoms with Gasteiger partial charge >= 0.3 is 0 Å². The largest absolute Gasteiger partial charge is 0.443 e. The Morgan fingerprint density at radius 1 is 1.28 bits per heavy atom. The van der Waals surface area contributed by atoms with E-state index in [0.717, 1.165) is 16.6 Å². The molecular weight excluding hydrogens is 414 g/mol. The Morgan fingerprint density at radius 3 is 2.93 bits per heavy atom. The lowest BCUT2D eigenvalue weighted by Crippen LogP contribution is -2.43. The number of nitrogens with one attached hydrogen (secondary N) is 4. The number of halogens is 1. The summed E-state index contributed by atoms with van der Waals surface area (Å²) in [5.41, 5.74) is 8.09. The Kier molecular flexibility index (Phi) is 5.10. The van der Waals surface area contributed by atoms with E-state index >= 15 is 0 Å². The molecule has 3 heterocycles. The molecule has 29 heavy (non-hydrogen) atoms. The summed E-state index contributed by atoms with van der Waals surface area (Å²) in [7, 11) is 0. The standard InChI is InChI=1S/C18H14ClN7O2S/c1-9-8-28-17(22-9)14-6-10(4-5-20-14)16(27)25-26-18(29)23-13-3-2-12-11(15(13)19)7-21-24-12/h2-8H,1H3,(H,21,24)(H,25,27)(H2,23,26,29). The van der Waals surface area contributed by atoms with E-state index in [-0.39, 0.29) is 5.11 Å². The number of amides is 1. The van der Waals surface area contributed by atoms with Crippen molar-refractivity contribution in [3.8, 4) is 11.6 Å². The van der Waals surface area contributed by atoms with E-state index < -0.39 is 5.91 Å². The van der Waals surface area contributed by atoms with Crippen LogP contribution in [0.1, 0.15) is 16.1 Å². The highest BCUT2D eigenvalue weighted by atomic mass is 35.5. The summed E-state index contributed by atoms with van der Waals surface area (Å²) >= 11 is 11.6. The minimum absolute atomic E-state index is 0.167. The molecule has 4 aromatic rings. The number of H-pyrrole nitrogens is 1. The number of hydrogen-bond donors (Lipinski definition) is 4. The van der Waals surface area contributed by atoms with Crippen molar-refractivity contribution < 1.29 is 9.21 Å². The first kappa shape index (κ1) is 18.8. The van der Waals surface area contributed by atoms with Crippen molar-refractivity contribution in [2.75, 3.05) is 5.32 Å². The summed E-state index contributed by atoms with van der Waals surface area (Å²) in [6, 6.07) is 6.71. The van der Waals surface area contributed by atoms with Crippen LogP contribution in [0.4, 0.5) is 5.69 Å². The number of hydrazine groups is 1. The molecule has 0 saturated heterocycles. The molecule has 4 N–H and O–H groups in total. The highest BCUT2D eigenvalue weighted by molar-refractivity contribution is 7.80. The summed E-state index contributed by atoms with van der Waals surface area (Å²) in [4.78, 5) is 20.8. The van der Waals surface area contributed by atoms with Gasteiger partial charge in [-0.2, -0.15) is 5.10 Å². The SMILES string of the molecule is Cc1coc(-c2cc(C(=O)NNC(=S)Nc3ccc4[nH]ncc4c3Cl)ccn2)n1. The van der Waals surface area contributed by atoms with Crippen LogP contribution >= 0.6 is 23.8 Å². The Morgan fingerprint density at radius 2 is 2.14 bits per heavy atom. The molecule has 1 amide bonds. The lowest BCUT2D eigenvalue weighted by molar-refractivity contribution is 0.0944. The van der Waals surface area contributed by atoms with Gasteiger partial charge in [-0.05, 0) is 43.4 Å². The van der Waals surface area contributed by atoms with Crippen LogP contribution in [0.15, 0.2) is 47.3 Å². The van der Waals surface area contributed by atoms with Gasteiger partial charge in [0.05, 0.1) is 28.1 Å². The molecular formula is C18H14ClN7O2S. The summed E-state index contributed by atoms with van der Waals surface area (Å²) in [6.45, 7) is 1.80. The zero-order chi connectivity index (χ0) is 20.4. The van der Waals surface area contributed by atoms with Crippen molar-refractivity contribution in [1.82, 2.24) is 31.0 Å². The normalized spacial score (nSPS) is 10.7. The zero-order valence-electron chi connectivity index (χ0n) is 15.0. The first-order valence-electron chi connectivity index (χ1n) is 8.39. The number of oxazole rings is 1. The van der Waals surface area contributed by atoms with E-state index in [2.05, 4.69) is 36.3 Å². The number of carbonyl (C=O) groups is 1. The fraction of sp³-hybridized carbons (Fsp3) is 0.0556. The van der Waals surface area contributed by atoms with E-state index in [1.54, 1.807) is 31.3 Å². The van der Waals surface area contributed by atoms with Crippen molar-refractivity contribution >= 4 is 51.4 Å². The molecule has 0 radical (unpaired) electrons. The van der Waals surface area contributed by atoms with Crippen LogP contribution in [-0.2, 0) is 0 Å². The molecule has 0 aliphatic carbocycles. The minimum Gasteiger partial charge on any atom is -0.443 e. The molecule has 146 valence electrons. The number of anilines is 1. The molecule has 0 spiro atoms. The monoisotopic (exact) mass is 427 g/mol. The molecule has 0 aliphatic rings. The van der Waals surface area contributed by atoms with E-state index in [9.17, 15) is 4.79 Å². The summed E-state index contributed by atoms with van der Waals surface area (Å²) in [5, 5.41) is 11.1. The van der Waals surface area contributed by atoms with Crippen LogP contribution in [0.5, 0.6) is 0 Å². The number of hydrogen-bond acceptors (Lipinski definition) is 6. The highest BCUT2D eigenvalue weighted by Gasteiger charge is 2.12. The lowest BCUT2D eigenvalue weighted by Gasteiger charge is -2.13. The van der Waals surface area contributed by atoms with Crippen molar-refractivity contribution in [2.45, 2.75) is 6.92 Å². The van der Waals surface area contributed by atoms with Crippen molar-refractivity contribution in [3.63, 3.8) is 0 Å². The maximum absolute atomic E-state index is 12.4. The van der Waals surface area contributed by atoms with Crippen LogP contribution in [0.3, 0.4) is 0 Å². The van der Waals surface area contributed by atoms with Crippen LogP contribution in [-0.4, -0.2) is 31.2 Å². The van der Waals surface area contributed by atoms with Gasteiger partial charge in [-0.3, -0.25) is 25.7 Å². The van der Waals surface area contributed by atoms with Gasteiger partial charge in [-0.25, -0.2) is 4.98 Å². The van der Waals surface area contributed by atoms with Crippen molar-refractivity contribution in [1.29, 1.82) is 0 Å². The molecule has 0 aliphatic heterocycles. The second-order valence-electron chi connectivity index (χ2n) is 6.02. The molecule has 0 fully saturated rings. The predicted molar refractivity (Wildman–Crippen MR) is 112 cm³/mol. The minimum atomic E-state index is -0.405. The number of aromatic amines is 1. The smallest absolute Gasteiger partial charge is 0.269 e. The lowest BCUT2D eigenvalue weighted by atomic mass is 10.2. The van der Waals surface area contributed by atoms with Gasteiger partial charge in [-0.1, -0.05) is 11.6 Å². The number of aromatic nitrogens is 4. The first-order chi connectivity index (χ1) is 14.0. The fourth-order valence-electron chi connectivity index (χ4n) is 2.58. The molecule has 0 atom stereocenters. The van der Waals surface area contributed by atoms with Gasteiger partial charge in [0.25, 0.3) is 5.91 Å². The molecule has 4 rings (SSSR count). The van der Waals surface area contributed by atoms with Crippen LogP contribution in [0.25, 0.3) is 22.5 Å². The van der Waals surface area contributed by atoms with Crippen LogP contribution in [0, 0.1) is 6.92 Å². The maximum Gasteiger partial charge on any atom is 0.269 e. The average Bonchev–Trinajstić information content (AvgIpc) is 3.38. The van der Waals surface area contributed by atoms with Gasteiger partial charge in [0.15, 0.2) is 5.11 Å². The summed E-state index contributed by atoms with van der Waals surface area (Å²) in [6.07, 6.45) is 4.64. The maximum atomic E-state index is 12.4. The number of pyridine rings is 1. The van der Waals surface area contributed by atoms with Crippen molar-refractivity contribution in [2.24, 2.45) is 0 Å². The van der Waals surface area contributed by atoms with Gasteiger partial charge in [0.2, 0.25) is 5.89 Å². The van der Waals surface area contributed by atoms with Gasteiger partial charge in [-0.15, -0.1) is 0 Å². The van der Waals surface area contributed by atoms with E-state index in [1.807, 2.05) is 6.07 Å². The molecule has 11 heteroatoms. The molecule has 0 unspecified atom stereocenters. The fourth-order valence-corrected chi connectivity index (χ4v) is 3.00. The second kappa shape index (κ2) is 7.86.